The van der Waals surface area contributed by atoms with Crippen molar-refractivity contribution in [3.8, 4) is 0 Å². The monoisotopic (exact) mass is 266 g/mol. The van der Waals surface area contributed by atoms with Gasteiger partial charge in [0.1, 0.15) is 6.20 Å². The van der Waals surface area contributed by atoms with E-state index in [1.807, 2.05) is 4.90 Å². The maximum absolute atomic E-state index is 11.1. The number of nitrogens with one attached hydrogen (secondary N) is 1. The summed E-state index contributed by atoms with van der Waals surface area (Å²) in [7, 11) is 0. The minimum Gasteiger partial charge on any atom is -0.348 e. The van der Waals surface area contributed by atoms with Gasteiger partial charge < -0.3 is 4.90 Å². The molecule has 1 saturated heterocycles. The van der Waals surface area contributed by atoms with Gasteiger partial charge >= 0.3 is 5.69 Å². The molecule has 1 aliphatic heterocycles. The number of nitrogens with two attached hydrogens (primary N) is 1. The van der Waals surface area contributed by atoms with Crippen molar-refractivity contribution in [3.63, 3.8) is 0 Å². The zero-order valence-corrected chi connectivity index (χ0v) is 11.0. The molecule has 104 valence electrons. The minimum atomic E-state index is -0.457. The van der Waals surface area contributed by atoms with E-state index in [1.54, 1.807) is 0 Å². The number of anilines is 2. The average molecular weight is 266 g/mol. The molecule has 2 atom stereocenters. The highest BCUT2D eigenvalue weighted by molar-refractivity contribution is 5.59. The van der Waals surface area contributed by atoms with Crippen molar-refractivity contribution in [3.05, 3.63) is 16.3 Å². The van der Waals surface area contributed by atoms with Crippen molar-refractivity contribution >= 4 is 17.5 Å². The Bertz CT molecular complexity index is 480. The third-order valence-corrected chi connectivity index (χ3v) is 3.72. The fourth-order valence-corrected chi connectivity index (χ4v) is 2.41. The lowest BCUT2D eigenvalue weighted by Crippen LogP contribution is -2.43. The van der Waals surface area contributed by atoms with Crippen LogP contribution in [-0.2, 0) is 0 Å². The predicted octanol–water partition coefficient (Wildman–Crippen LogP) is 1.30. The Hall–Kier alpha value is -1.96. The van der Waals surface area contributed by atoms with E-state index in [2.05, 4.69) is 29.2 Å². The summed E-state index contributed by atoms with van der Waals surface area (Å²) in [5, 5.41) is 11.1. The van der Waals surface area contributed by atoms with Gasteiger partial charge in [0.2, 0.25) is 11.8 Å². The first-order valence-electron chi connectivity index (χ1n) is 6.29. The molecule has 2 rings (SSSR count). The molecule has 8 heteroatoms. The lowest BCUT2D eigenvalue weighted by atomic mass is 9.92. The number of nitrogen functional groups attached to an aromatic ring is 1. The Kier molecular flexibility index (Phi) is 3.79. The summed E-state index contributed by atoms with van der Waals surface area (Å²) in [6, 6.07) is 0.202. The summed E-state index contributed by atoms with van der Waals surface area (Å²) in [4.78, 5) is 20.6. The normalized spacial score (nSPS) is 23.2. The molecule has 0 amide bonds. The zero-order valence-electron chi connectivity index (χ0n) is 11.0. The number of hydrazine groups is 1. The SMILES string of the molecule is CC1CCCN(c2nc(NN)ncc2[N+](=O)[O-])C1C. The van der Waals surface area contributed by atoms with Crippen molar-refractivity contribution < 1.29 is 4.92 Å². The van der Waals surface area contributed by atoms with Crippen molar-refractivity contribution in [1.29, 1.82) is 0 Å². The number of rotatable bonds is 3. The molecule has 1 aromatic heterocycles. The van der Waals surface area contributed by atoms with Crippen LogP contribution in [0.15, 0.2) is 6.20 Å². The Morgan fingerprint density at radius 2 is 2.32 bits per heavy atom. The lowest BCUT2D eigenvalue weighted by molar-refractivity contribution is -0.384. The van der Waals surface area contributed by atoms with Gasteiger partial charge in [-0.1, -0.05) is 6.92 Å². The average Bonchev–Trinajstić information content (AvgIpc) is 2.41. The quantitative estimate of drug-likeness (QED) is 0.482. The van der Waals surface area contributed by atoms with Gasteiger partial charge in [0.05, 0.1) is 4.92 Å². The molecule has 1 aromatic rings. The fourth-order valence-electron chi connectivity index (χ4n) is 2.41. The zero-order chi connectivity index (χ0) is 14.0. The molecule has 19 heavy (non-hydrogen) atoms. The largest absolute Gasteiger partial charge is 0.348 e. The van der Waals surface area contributed by atoms with Gasteiger partial charge in [-0.25, -0.2) is 10.8 Å². The highest BCUT2D eigenvalue weighted by Gasteiger charge is 2.31. The van der Waals surface area contributed by atoms with E-state index >= 15 is 0 Å². The van der Waals surface area contributed by atoms with Gasteiger partial charge in [-0.15, -0.1) is 0 Å². The van der Waals surface area contributed by atoms with E-state index in [4.69, 9.17) is 5.84 Å². The van der Waals surface area contributed by atoms with Crippen LogP contribution in [0.3, 0.4) is 0 Å². The van der Waals surface area contributed by atoms with E-state index in [1.165, 1.54) is 6.20 Å². The number of aromatic nitrogens is 2. The second-order valence-corrected chi connectivity index (χ2v) is 4.86. The molecule has 2 unspecified atom stereocenters. The van der Waals surface area contributed by atoms with Gasteiger partial charge in [0, 0.05) is 12.6 Å². The standard InChI is InChI=1S/C11H18N6O2/c1-7-4-3-5-16(8(7)2)10-9(17(18)19)6-13-11(14-10)15-12/h6-8H,3-5,12H2,1-2H3,(H,13,14,15). The third-order valence-electron chi connectivity index (χ3n) is 3.72. The van der Waals surface area contributed by atoms with Gasteiger partial charge in [0.15, 0.2) is 0 Å². The van der Waals surface area contributed by atoms with Crippen molar-refractivity contribution in [2.75, 3.05) is 16.9 Å². The van der Waals surface area contributed by atoms with E-state index in [-0.39, 0.29) is 17.7 Å². The Balaban J connectivity index is 2.43. The van der Waals surface area contributed by atoms with Crippen molar-refractivity contribution in [2.24, 2.45) is 11.8 Å². The van der Waals surface area contributed by atoms with Gasteiger partial charge in [0.25, 0.3) is 0 Å². The minimum absolute atomic E-state index is 0.0834. The number of nitro groups is 1. The predicted molar refractivity (Wildman–Crippen MR) is 71.7 cm³/mol. The fraction of sp³-hybridized carbons (Fsp3) is 0.636. The first-order valence-corrected chi connectivity index (χ1v) is 6.29. The van der Waals surface area contributed by atoms with E-state index in [9.17, 15) is 10.1 Å². The molecular formula is C11H18N6O2. The van der Waals surface area contributed by atoms with Crippen LogP contribution in [0.4, 0.5) is 17.5 Å². The molecular weight excluding hydrogens is 248 g/mol. The van der Waals surface area contributed by atoms with E-state index in [0.717, 1.165) is 19.4 Å². The molecule has 2 heterocycles. The summed E-state index contributed by atoms with van der Waals surface area (Å²) < 4.78 is 0. The van der Waals surface area contributed by atoms with E-state index in [0.29, 0.717) is 11.7 Å². The van der Waals surface area contributed by atoms with Crippen LogP contribution >= 0.6 is 0 Å². The summed E-state index contributed by atoms with van der Waals surface area (Å²) in [6.07, 6.45) is 3.32. The summed E-state index contributed by atoms with van der Waals surface area (Å²) in [6.45, 7) is 4.96. The summed E-state index contributed by atoms with van der Waals surface area (Å²) in [5.74, 6) is 6.27. The smallest absolute Gasteiger partial charge is 0.329 e. The highest BCUT2D eigenvalue weighted by Crippen LogP contribution is 2.33. The lowest BCUT2D eigenvalue weighted by Gasteiger charge is -2.38. The van der Waals surface area contributed by atoms with Crippen LogP contribution < -0.4 is 16.2 Å². The second kappa shape index (κ2) is 5.35. The Morgan fingerprint density at radius 1 is 1.58 bits per heavy atom. The molecule has 8 nitrogen and oxygen atoms in total. The third kappa shape index (κ3) is 2.58. The maximum Gasteiger partial charge on any atom is 0.329 e. The molecule has 1 fully saturated rings. The molecule has 0 aliphatic carbocycles. The van der Waals surface area contributed by atoms with Crippen LogP contribution in [0, 0.1) is 16.0 Å². The number of nitrogens with zero attached hydrogens (tertiary/aromatic N) is 4. The van der Waals surface area contributed by atoms with Gasteiger partial charge in [-0.05, 0) is 25.7 Å². The van der Waals surface area contributed by atoms with Crippen LogP contribution in [0.1, 0.15) is 26.7 Å². The topological polar surface area (TPSA) is 110 Å². The van der Waals surface area contributed by atoms with Crippen molar-refractivity contribution in [1.82, 2.24) is 9.97 Å². The number of piperidine rings is 1. The maximum atomic E-state index is 11.1. The van der Waals surface area contributed by atoms with Crippen LogP contribution in [-0.4, -0.2) is 27.5 Å². The second-order valence-electron chi connectivity index (χ2n) is 4.86. The van der Waals surface area contributed by atoms with Crippen LogP contribution in [0.2, 0.25) is 0 Å². The summed E-state index contributed by atoms with van der Waals surface area (Å²) in [5.41, 5.74) is 2.24. The molecule has 0 spiro atoms. The first-order chi connectivity index (χ1) is 9.04. The van der Waals surface area contributed by atoms with Gasteiger partial charge in [-0.3, -0.25) is 15.5 Å². The first kappa shape index (κ1) is 13.5. The number of hydrogen-bond donors (Lipinski definition) is 2. The Morgan fingerprint density at radius 3 is 2.95 bits per heavy atom. The molecule has 0 radical (unpaired) electrons. The molecule has 0 aromatic carbocycles. The van der Waals surface area contributed by atoms with Crippen LogP contribution in [0.5, 0.6) is 0 Å². The van der Waals surface area contributed by atoms with E-state index < -0.39 is 4.92 Å². The molecule has 0 bridgehead atoms. The molecule has 1 aliphatic rings. The highest BCUT2D eigenvalue weighted by atomic mass is 16.6. The van der Waals surface area contributed by atoms with Crippen LogP contribution in [0.25, 0.3) is 0 Å². The molecule has 3 N–H and O–H groups in total. The molecule has 0 saturated carbocycles. The number of hydrogen-bond acceptors (Lipinski definition) is 7. The summed E-state index contributed by atoms with van der Waals surface area (Å²) >= 11 is 0. The van der Waals surface area contributed by atoms with Gasteiger partial charge in [-0.2, -0.15) is 4.98 Å². The van der Waals surface area contributed by atoms with Crippen molar-refractivity contribution in [2.45, 2.75) is 32.7 Å². The Labute approximate surface area is 111 Å².